The van der Waals surface area contributed by atoms with E-state index in [1.807, 2.05) is 74.2 Å². The molecule has 0 saturated carbocycles. The Morgan fingerprint density at radius 2 is 1.59 bits per heavy atom. The van der Waals surface area contributed by atoms with Gasteiger partial charge in [-0.15, -0.1) is 0 Å². The highest BCUT2D eigenvalue weighted by molar-refractivity contribution is 6.45. The van der Waals surface area contributed by atoms with Gasteiger partial charge in [-0.2, -0.15) is 0 Å². The molecule has 0 atom stereocenters. The zero-order chi connectivity index (χ0) is 22.8. The molecule has 0 fully saturated rings. The maximum absolute atomic E-state index is 13.9. The second-order valence-corrected chi connectivity index (χ2v) is 7.95. The van der Waals surface area contributed by atoms with Crippen LogP contribution in [0.15, 0.2) is 78.5 Å². The Morgan fingerprint density at radius 1 is 0.844 bits per heavy atom. The number of anilines is 1. The minimum Gasteiger partial charge on any atom is -0.362 e. The fourth-order valence-electron chi connectivity index (χ4n) is 3.97. The van der Waals surface area contributed by atoms with Crippen molar-refractivity contribution >= 4 is 23.1 Å². The van der Waals surface area contributed by atoms with Gasteiger partial charge in [0.2, 0.25) is 0 Å². The number of carbonyl (C=O) groups excluding carboxylic acids is 2. The van der Waals surface area contributed by atoms with Crippen molar-refractivity contribution < 1.29 is 14.0 Å². The summed E-state index contributed by atoms with van der Waals surface area (Å²) in [6, 6.07) is 21.1. The van der Waals surface area contributed by atoms with Crippen LogP contribution in [0.5, 0.6) is 0 Å². The van der Waals surface area contributed by atoms with E-state index < -0.39 is 17.6 Å². The summed E-state index contributed by atoms with van der Waals surface area (Å²) in [5, 5.41) is 0. The molecule has 0 N–H and O–H groups in total. The Balaban J connectivity index is 1.86. The van der Waals surface area contributed by atoms with Crippen LogP contribution in [0.25, 0.3) is 5.57 Å². The summed E-state index contributed by atoms with van der Waals surface area (Å²) in [6.45, 7) is 6.96. The molecule has 4 nitrogen and oxygen atoms in total. The minimum absolute atomic E-state index is 0.229. The normalized spacial score (nSPS) is 13.8. The summed E-state index contributed by atoms with van der Waals surface area (Å²) in [4.78, 5) is 30.2. The lowest BCUT2D eigenvalue weighted by Crippen LogP contribution is -2.35. The van der Waals surface area contributed by atoms with Gasteiger partial charge >= 0.3 is 0 Å². The van der Waals surface area contributed by atoms with Gasteiger partial charge in [-0.1, -0.05) is 54.6 Å². The molecule has 1 aliphatic rings. The summed E-state index contributed by atoms with van der Waals surface area (Å²) in [5.74, 6) is -1.38. The largest absolute Gasteiger partial charge is 0.362 e. The second-order valence-electron chi connectivity index (χ2n) is 7.95. The first kappa shape index (κ1) is 21.5. The SMILES string of the molecule is CCN(Cc1ccccc1)C1=C(c2ccc(C)c(C)c2)C(=O)N(c2cccc(F)c2)C1=O. The molecule has 0 unspecified atom stereocenters. The van der Waals surface area contributed by atoms with Crippen molar-refractivity contribution in [2.24, 2.45) is 0 Å². The third-order valence-corrected chi connectivity index (χ3v) is 5.84. The number of hydrogen-bond acceptors (Lipinski definition) is 3. The molecule has 1 heterocycles. The maximum Gasteiger partial charge on any atom is 0.282 e. The molecule has 0 bridgehead atoms. The van der Waals surface area contributed by atoms with Crippen molar-refractivity contribution in [1.29, 1.82) is 0 Å². The van der Waals surface area contributed by atoms with Crippen LogP contribution >= 0.6 is 0 Å². The van der Waals surface area contributed by atoms with Gasteiger partial charge in [0.25, 0.3) is 11.8 Å². The summed E-state index contributed by atoms with van der Waals surface area (Å²) in [6.07, 6.45) is 0. The summed E-state index contributed by atoms with van der Waals surface area (Å²) < 4.78 is 13.9. The Labute approximate surface area is 187 Å². The standard InChI is InChI=1S/C27H25FN2O2/c1-4-29(17-20-9-6-5-7-10-20)25-24(21-14-13-18(2)19(3)15-21)26(31)30(27(25)32)23-12-8-11-22(28)16-23/h5-16H,4,17H2,1-3H3. The predicted molar refractivity (Wildman–Crippen MR) is 124 cm³/mol. The van der Waals surface area contributed by atoms with Gasteiger partial charge < -0.3 is 4.90 Å². The Hall–Kier alpha value is -3.73. The van der Waals surface area contributed by atoms with E-state index in [2.05, 4.69) is 0 Å². The van der Waals surface area contributed by atoms with E-state index >= 15 is 0 Å². The van der Waals surface area contributed by atoms with Crippen LogP contribution in [0.4, 0.5) is 10.1 Å². The highest BCUT2D eigenvalue weighted by Gasteiger charge is 2.42. The van der Waals surface area contributed by atoms with E-state index in [9.17, 15) is 14.0 Å². The molecule has 3 aromatic rings. The number of likely N-dealkylation sites (N-methyl/N-ethyl adjacent to an activating group) is 1. The number of amides is 2. The van der Waals surface area contributed by atoms with Crippen LogP contribution in [-0.4, -0.2) is 23.3 Å². The summed E-state index contributed by atoms with van der Waals surface area (Å²) >= 11 is 0. The molecule has 0 saturated heterocycles. The van der Waals surface area contributed by atoms with Gasteiger partial charge in [0.15, 0.2) is 0 Å². The predicted octanol–water partition coefficient (Wildman–Crippen LogP) is 5.25. The van der Waals surface area contributed by atoms with Crippen molar-refractivity contribution in [2.75, 3.05) is 11.4 Å². The Morgan fingerprint density at radius 3 is 2.25 bits per heavy atom. The van der Waals surface area contributed by atoms with Crippen molar-refractivity contribution in [3.05, 3.63) is 107 Å². The van der Waals surface area contributed by atoms with Crippen LogP contribution in [-0.2, 0) is 16.1 Å². The molecule has 0 radical (unpaired) electrons. The Bertz CT molecular complexity index is 1220. The van der Waals surface area contributed by atoms with Crippen LogP contribution < -0.4 is 4.90 Å². The number of hydrogen-bond donors (Lipinski definition) is 0. The highest BCUT2D eigenvalue weighted by atomic mass is 19.1. The fourth-order valence-corrected chi connectivity index (χ4v) is 3.97. The van der Waals surface area contributed by atoms with E-state index in [-0.39, 0.29) is 5.69 Å². The van der Waals surface area contributed by atoms with Crippen molar-refractivity contribution in [3.8, 4) is 0 Å². The molecular formula is C27H25FN2O2. The van der Waals surface area contributed by atoms with Gasteiger partial charge in [0, 0.05) is 13.1 Å². The minimum atomic E-state index is -0.499. The number of carbonyl (C=O) groups is 2. The third kappa shape index (κ3) is 3.94. The zero-order valence-electron chi connectivity index (χ0n) is 18.4. The third-order valence-electron chi connectivity index (χ3n) is 5.84. The number of halogens is 1. The summed E-state index contributed by atoms with van der Waals surface area (Å²) in [7, 11) is 0. The first-order valence-electron chi connectivity index (χ1n) is 10.7. The lowest BCUT2D eigenvalue weighted by Gasteiger charge is -2.25. The molecule has 0 spiro atoms. The van der Waals surface area contributed by atoms with Crippen LogP contribution in [0.3, 0.4) is 0 Å². The first-order chi connectivity index (χ1) is 15.4. The number of aryl methyl sites for hydroxylation is 2. The van der Waals surface area contributed by atoms with Crippen LogP contribution in [0.2, 0.25) is 0 Å². The average molecular weight is 429 g/mol. The lowest BCUT2D eigenvalue weighted by atomic mass is 9.99. The fraction of sp³-hybridized carbons (Fsp3) is 0.185. The lowest BCUT2D eigenvalue weighted by molar-refractivity contribution is -0.120. The monoisotopic (exact) mass is 428 g/mol. The molecule has 162 valence electrons. The van der Waals surface area contributed by atoms with Crippen molar-refractivity contribution in [1.82, 2.24) is 4.90 Å². The number of nitrogens with zero attached hydrogens (tertiary/aromatic N) is 2. The smallest absolute Gasteiger partial charge is 0.282 e. The van der Waals surface area contributed by atoms with Gasteiger partial charge in [-0.25, -0.2) is 9.29 Å². The molecule has 0 aromatic heterocycles. The van der Waals surface area contributed by atoms with E-state index in [1.54, 1.807) is 6.07 Å². The zero-order valence-corrected chi connectivity index (χ0v) is 18.4. The van der Waals surface area contributed by atoms with Gasteiger partial charge in [-0.3, -0.25) is 9.59 Å². The Kier molecular flexibility index (Phi) is 5.91. The molecule has 4 rings (SSSR count). The molecule has 2 amide bonds. The van der Waals surface area contributed by atoms with E-state index in [0.717, 1.165) is 21.6 Å². The van der Waals surface area contributed by atoms with Crippen LogP contribution in [0.1, 0.15) is 29.2 Å². The molecular weight excluding hydrogens is 403 g/mol. The maximum atomic E-state index is 13.9. The van der Waals surface area contributed by atoms with Crippen LogP contribution in [0, 0.1) is 19.7 Å². The van der Waals surface area contributed by atoms with Gasteiger partial charge in [0.1, 0.15) is 11.5 Å². The molecule has 0 aliphatic carbocycles. The second kappa shape index (κ2) is 8.79. The van der Waals surface area contributed by atoms with Gasteiger partial charge in [0.05, 0.1) is 11.3 Å². The average Bonchev–Trinajstić information content (AvgIpc) is 3.04. The topological polar surface area (TPSA) is 40.6 Å². The highest BCUT2D eigenvalue weighted by Crippen LogP contribution is 2.36. The van der Waals surface area contributed by atoms with Crippen molar-refractivity contribution in [2.45, 2.75) is 27.3 Å². The molecule has 5 heteroatoms. The molecule has 3 aromatic carbocycles. The summed E-state index contributed by atoms with van der Waals surface area (Å²) in [5.41, 5.74) is 4.77. The van der Waals surface area contributed by atoms with E-state index in [1.165, 1.54) is 18.2 Å². The number of imide groups is 1. The first-order valence-corrected chi connectivity index (χ1v) is 10.7. The quantitative estimate of drug-likeness (QED) is 0.504. The van der Waals surface area contributed by atoms with Gasteiger partial charge in [-0.05, 0) is 61.2 Å². The molecule has 1 aliphatic heterocycles. The number of benzene rings is 3. The van der Waals surface area contributed by atoms with Crippen molar-refractivity contribution in [3.63, 3.8) is 0 Å². The molecule has 32 heavy (non-hydrogen) atoms. The van der Waals surface area contributed by atoms with E-state index in [0.29, 0.717) is 29.9 Å². The van der Waals surface area contributed by atoms with E-state index in [4.69, 9.17) is 0 Å². The number of rotatable bonds is 6.